The van der Waals surface area contributed by atoms with Gasteiger partial charge in [0.1, 0.15) is 6.10 Å². The number of esters is 1. The van der Waals surface area contributed by atoms with Crippen molar-refractivity contribution in [1.29, 1.82) is 0 Å². The molecule has 0 radical (unpaired) electrons. The van der Waals surface area contributed by atoms with E-state index in [-0.39, 0.29) is 12.1 Å². The number of ether oxygens (including phenoxy) is 1. The molecule has 1 aliphatic rings. The lowest BCUT2D eigenvalue weighted by atomic mass is 9.95. The maximum Gasteiger partial charge on any atom is 0.338 e. The van der Waals surface area contributed by atoms with Crippen LogP contribution in [0.3, 0.4) is 0 Å². The number of hydrogen-bond donors (Lipinski definition) is 1. The monoisotopic (exact) mass is 263 g/mol. The predicted molar refractivity (Wildman–Crippen MR) is 74.4 cm³/mol. The van der Waals surface area contributed by atoms with Crippen LogP contribution in [0.15, 0.2) is 24.3 Å². The summed E-state index contributed by atoms with van der Waals surface area (Å²) >= 11 is 0. The van der Waals surface area contributed by atoms with E-state index in [4.69, 9.17) is 4.74 Å². The molecule has 1 aromatic carbocycles. The highest BCUT2D eigenvalue weighted by atomic mass is 16.6. The number of carbonyl (C=O) groups excluding carboxylic acids is 1. The topological polar surface area (TPSA) is 49.8 Å². The molecule has 19 heavy (non-hydrogen) atoms. The molecule has 2 rings (SSSR count). The van der Waals surface area contributed by atoms with Crippen molar-refractivity contribution in [3.05, 3.63) is 29.8 Å². The largest absolute Gasteiger partial charge is 0.456 e. The molecule has 0 aliphatic heterocycles. The van der Waals surface area contributed by atoms with Crippen molar-refractivity contribution in [3.63, 3.8) is 0 Å². The fraction of sp³-hybridized carbons (Fsp3) is 0.533. The van der Waals surface area contributed by atoms with Gasteiger partial charge in [-0.05, 0) is 43.5 Å². The molecule has 1 aliphatic carbocycles. The molecular formula is C15H21NO3. The molecule has 1 aromatic rings. The summed E-state index contributed by atoms with van der Waals surface area (Å²) in [6.45, 7) is 0. The summed E-state index contributed by atoms with van der Waals surface area (Å²) in [5.74, 6) is -0.351. The van der Waals surface area contributed by atoms with Crippen LogP contribution in [0.2, 0.25) is 0 Å². The SMILES string of the molecule is CN(C)c1ccc(C(=O)O[C@@H]2CCCC[C@@H]2O)cc1. The van der Waals surface area contributed by atoms with Crippen molar-refractivity contribution < 1.29 is 14.6 Å². The molecule has 1 fully saturated rings. The fourth-order valence-electron chi connectivity index (χ4n) is 2.32. The van der Waals surface area contributed by atoms with Crippen molar-refractivity contribution in [2.45, 2.75) is 37.9 Å². The molecule has 0 heterocycles. The van der Waals surface area contributed by atoms with E-state index >= 15 is 0 Å². The van der Waals surface area contributed by atoms with Crippen LogP contribution in [0.4, 0.5) is 5.69 Å². The smallest absolute Gasteiger partial charge is 0.338 e. The van der Waals surface area contributed by atoms with E-state index in [1.54, 1.807) is 12.1 Å². The summed E-state index contributed by atoms with van der Waals surface area (Å²) in [4.78, 5) is 14.0. The van der Waals surface area contributed by atoms with Crippen molar-refractivity contribution in [2.75, 3.05) is 19.0 Å². The Morgan fingerprint density at radius 1 is 1.21 bits per heavy atom. The van der Waals surface area contributed by atoms with Crippen LogP contribution < -0.4 is 4.90 Å². The summed E-state index contributed by atoms with van der Waals surface area (Å²) in [6.07, 6.45) is 2.62. The van der Waals surface area contributed by atoms with E-state index in [1.807, 2.05) is 31.1 Å². The first-order chi connectivity index (χ1) is 9.08. The second kappa shape index (κ2) is 6.06. The first-order valence-corrected chi connectivity index (χ1v) is 6.74. The maximum atomic E-state index is 12.0. The van der Waals surface area contributed by atoms with Crippen LogP contribution in [0.1, 0.15) is 36.0 Å². The van der Waals surface area contributed by atoms with Crippen LogP contribution in [0, 0.1) is 0 Å². The Morgan fingerprint density at radius 2 is 1.84 bits per heavy atom. The van der Waals surface area contributed by atoms with Crippen LogP contribution in [-0.4, -0.2) is 37.4 Å². The lowest BCUT2D eigenvalue weighted by Gasteiger charge is -2.27. The second-order valence-electron chi connectivity index (χ2n) is 5.24. The van der Waals surface area contributed by atoms with E-state index in [0.717, 1.165) is 31.4 Å². The highest BCUT2D eigenvalue weighted by Crippen LogP contribution is 2.22. The van der Waals surface area contributed by atoms with E-state index in [9.17, 15) is 9.90 Å². The summed E-state index contributed by atoms with van der Waals surface area (Å²) in [5, 5.41) is 9.80. The lowest BCUT2D eigenvalue weighted by molar-refractivity contribution is -0.0360. The molecule has 0 aromatic heterocycles. The molecule has 1 N–H and O–H groups in total. The molecule has 0 amide bonds. The number of benzene rings is 1. The lowest BCUT2D eigenvalue weighted by Crippen LogP contribution is -2.34. The first-order valence-electron chi connectivity index (χ1n) is 6.74. The van der Waals surface area contributed by atoms with Crippen molar-refractivity contribution in [1.82, 2.24) is 0 Å². The quantitative estimate of drug-likeness (QED) is 0.849. The number of rotatable bonds is 3. The minimum absolute atomic E-state index is 0.351. The van der Waals surface area contributed by atoms with Gasteiger partial charge < -0.3 is 14.7 Å². The van der Waals surface area contributed by atoms with Gasteiger partial charge in [-0.2, -0.15) is 0 Å². The third-order valence-electron chi connectivity index (χ3n) is 3.55. The van der Waals surface area contributed by atoms with Crippen LogP contribution in [-0.2, 0) is 4.74 Å². The molecule has 2 atom stereocenters. The van der Waals surface area contributed by atoms with Gasteiger partial charge in [0.2, 0.25) is 0 Å². The highest BCUT2D eigenvalue weighted by Gasteiger charge is 2.26. The molecule has 1 saturated carbocycles. The fourth-order valence-corrected chi connectivity index (χ4v) is 2.32. The maximum absolute atomic E-state index is 12.0. The first kappa shape index (κ1) is 13.9. The summed E-state index contributed by atoms with van der Waals surface area (Å²) in [7, 11) is 3.90. The van der Waals surface area contributed by atoms with E-state index in [1.165, 1.54) is 0 Å². The van der Waals surface area contributed by atoms with E-state index in [2.05, 4.69) is 0 Å². The number of aliphatic hydroxyl groups is 1. The van der Waals surface area contributed by atoms with Crippen molar-refractivity contribution in [3.8, 4) is 0 Å². The number of nitrogens with zero attached hydrogens (tertiary/aromatic N) is 1. The molecule has 104 valence electrons. The van der Waals surface area contributed by atoms with Crippen LogP contribution in [0.5, 0.6) is 0 Å². The van der Waals surface area contributed by atoms with Gasteiger partial charge >= 0.3 is 5.97 Å². The van der Waals surface area contributed by atoms with Crippen molar-refractivity contribution >= 4 is 11.7 Å². The molecule has 0 bridgehead atoms. The minimum Gasteiger partial charge on any atom is -0.456 e. The Kier molecular flexibility index (Phi) is 4.43. The van der Waals surface area contributed by atoms with Gasteiger partial charge in [0.05, 0.1) is 11.7 Å². The molecule has 4 heteroatoms. The Hall–Kier alpha value is -1.55. The average molecular weight is 263 g/mol. The third kappa shape index (κ3) is 3.47. The molecular weight excluding hydrogens is 242 g/mol. The zero-order chi connectivity index (χ0) is 13.8. The van der Waals surface area contributed by atoms with E-state index in [0.29, 0.717) is 5.56 Å². The number of hydrogen-bond acceptors (Lipinski definition) is 4. The van der Waals surface area contributed by atoms with Gasteiger partial charge in [0.25, 0.3) is 0 Å². The van der Waals surface area contributed by atoms with Gasteiger partial charge in [0.15, 0.2) is 0 Å². The number of carbonyl (C=O) groups is 1. The summed E-state index contributed by atoms with van der Waals surface area (Å²) in [5.41, 5.74) is 1.57. The highest BCUT2D eigenvalue weighted by molar-refractivity contribution is 5.90. The van der Waals surface area contributed by atoms with Crippen molar-refractivity contribution in [2.24, 2.45) is 0 Å². The van der Waals surface area contributed by atoms with Gasteiger partial charge in [0, 0.05) is 19.8 Å². The zero-order valence-electron chi connectivity index (χ0n) is 11.5. The van der Waals surface area contributed by atoms with Crippen LogP contribution in [0.25, 0.3) is 0 Å². The predicted octanol–water partition coefficient (Wildman–Crippen LogP) is 2.21. The Labute approximate surface area is 114 Å². The Balaban J connectivity index is 1.99. The van der Waals surface area contributed by atoms with E-state index < -0.39 is 6.10 Å². The van der Waals surface area contributed by atoms with Gasteiger partial charge in [-0.1, -0.05) is 6.42 Å². The second-order valence-corrected chi connectivity index (χ2v) is 5.24. The molecule has 4 nitrogen and oxygen atoms in total. The average Bonchev–Trinajstić information content (AvgIpc) is 2.41. The normalized spacial score (nSPS) is 22.9. The third-order valence-corrected chi connectivity index (χ3v) is 3.55. The number of aliphatic hydroxyl groups excluding tert-OH is 1. The summed E-state index contributed by atoms with van der Waals surface area (Å²) < 4.78 is 5.39. The zero-order valence-corrected chi connectivity index (χ0v) is 11.5. The Morgan fingerprint density at radius 3 is 2.42 bits per heavy atom. The number of anilines is 1. The van der Waals surface area contributed by atoms with Gasteiger partial charge in [-0.25, -0.2) is 4.79 Å². The molecule has 0 spiro atoms. The molecule has 0 unspecified atom stereocenters. The molecule has 0 saturated heterocycles. The van der Waals surface area contributed by atoms with Gasteiger partial charge in [-0.3, -0.25) is 0 Å². The summed E-state index contributed by atoms with van der Waals surface area (Å²) in [6, 6.07) is 7.28. The Bertz CT molecular complexity index is 428. The minimum atomic E-state index is -0.515. The standard InChI is InChI=1S/C15H21NO3/c1-16(2)12-9-7-11(8-10-12)15(18)19-14-6-4-3-5-13(14)17/h7-10,13-14,17H,3-6H2,1-2H3/t13-,14+/m0/s1. The van der Waals surface area contributed by atoms with Gasteiger partial charge in [-0.15, -0.1) is 0 Å². The van der Waals surface area contributed by atoms with Crippen LogP contribution >= 0.6 is 0 Å².